The van der Waals surface area contributed by atoms with Gasteiger partial charge in [0.2, 0.25) is 0 Å². The molecule has 0 spiro atoms. The van der Waals surface area contributed by atoms with Gasteiger partial charge in [0.1, 0.15) is 0 Å². The molecule has 0 unspecified atom stereocenters. The van der Waals surface area contributed by atoms with Crippen molar-refractivity contribution in [2.45, 2.75) is 320 Å². The van der Waals surface area contributed by atoms with E-state index >= 15 is 0 Å². The number of thiophene rings is 6. The minimum Gasteiger partial charge on any atom is -0.342 e. The van der Waals surface area contributed by atoms with E-state index in [0.29, 0.717) is 0 Å². The third-order valence-corrected chi connectivity index (χ3v) is 30.6. The maximum atomic E-state index is 2.71. The Kier molecular flexibility index (Phi) is 33.8. The average molecular weight is 1440 g/mol. The molecule has 8 heterocycles. The van der Waals surface area contributed by atoms with Crippen LogP contribution in [0.3, 0.4) is 0 Å². The molecule has 0 bridgehead atoms. The first-order chi connectivity index (χ1) is 47.2. The van der Waals surface area contributed by atoms with E-state index in [1.165, 1.54) is 315 Å². The van der Waals surface area contributed by atoms with Crippen LogP contribution in [0.25, 0.3) is 82.0 Å². The van der Waals surface area contributed by atoms with Gasteiger partial charge < -0.3 is 9.13 Å². The van der Waals surface area contributed by atoms with E-state index in [1.807, 2.05) is 46.2 Å². The lowest BCUT2D eigenvalue weighted by atomic mass is 9.98. The molecule has 1 aromatic carbocycles. The molecule has 0 aliphatic heterocycles. The van der Waals surface area contributed by atoms with E-state index in [2.05, 4.69) is 183 Å². The van der Waals surface area contributed by atoms with E-state index in [9.17, 15) is 0 Å². The molecular formula is C86H124N2S8. The first kappa shape index (κ1) is 77.4. The summed E-state index contributed by atoms with van der Waals surface area (Å²) in [6.45, 7) is 14.1. The Labute approximate surface area is 617 Å². The molecule has 0 atom stereocenters. The topological polar surface area (TPSA) is 9.86 Å². The highest BCUT2D eigenvalue weighted by Crippen LogP contribution is 2.54. The fraction of sp³-hybridized carbons (Fsp3) is 0.605. The first-order valence-electron chi connectivity index (χ1n) is 39.1. The number of aromatic nitrogens is 2. The maximum Gasteiger partial charge on any atom is 0.0605 e. The quantitative estimate of drug-likeness (QED) is 0.0278. The highest BCUT2D eigenvalue weighted by Gasteiger charge is 2.27. The molecule has 526 valence electrons. The summed E-state index contributed by atoms with van der Waals surface area (Å²) in [6, 6.07) is 25.7. The predicted octanol–water partition coefficient (Wildman–Crippen LogP) is 31.9. The Balaban J connectivity index is 1.15. The van der Waals surface area contributed by atoms with Crippen molar-refractivity contribution in [1.82, 2.24) is 9.13 Å². The second-order valence-corrected chi connectivity index (χ2v) is 36.7. The van der Waals surface area contributed by atoms with Crippen LogP contribution >= 0.6 is 91.5 Å². The number of hydrogen-bond acceptors (Lipinski definition) is 8. The Bertz CT molecular complexity index is 3440. The summed E-state index contributed by atoms with van der Waals surface area (Å²) < 4.78 is 11.2. The maximum absolute atomic E-state index is 2.71. The molecule has 9 aromatic rings. The standard InChI is InChI=1S/C86H124N2S8/c1-11-17-23-29-35-41-47-63-59-75(91-79(63)71-55-57-73(87(71)7)81-65(61-77(89-9)93-81)49-43-37-31-25-19-13-3)83-67(51-45-39-33-27-21-15-5)69-53-54-70-68(52-46-40-34-28-22-16-6)84(96-86(70)85(69)95-83)76-60-64(48-42-36-30-24-18-12-2)80(92-76)72-56-58-74(88(72)8)82-66(62-78(90-10)94-82)50-44-38-32-26-20-14-4/h53-62H,11-52H2,1-10H3. The number of unbranched alkanes of at least 4 members (excludes halogenated alkanes) is 30. The molecule has 2 nitrogen and oxygen atoms in total. The number of rotatable bonds is 50. The summed E-state index contributed by atoms with van der Waals surface area (Å²) in [5.41, 5.74) is 15.1. The number of hydrogen-bond donors (Lipinski definition) is 0. The van der Waals surface area contributed by atoms with Crippen molar-refractivity contribution in [2.75, 3.05) is 12.5 Å². The summed E-state index contributed by atoms with van der Waals surface area (Å²) in [7, 11) is 4.76. The number of fused-ring (bicyclic) bond motifs is 3. The monoisotopic (exact) mass is 1440 g/mol. The zero-order valence-corrected chi connectivity index (χ0v) is 68.2. The van der Waals surface area contributed by atoms with Crippen molar-refractivity contribution in [3.05, 3.63) is 94.0 Å². The second-order valence-electron chi connectivity index (χ2n) is 28.2. The molecule has 10 heteroatoms. The Hall–Kier alpha value is -2.80. The SMILES string of the molecule is CCCCCCCCc1cc(SC)sc1-c1ccc(-c2sc(-c3sc4c(ccc5c(CCCCCCCC)c(-c6cc(CCCCCCCC)c(-c7ccc(-c8sc(SC)cc8CCCCCCCC)n7C)s6)sc54)c3CCCCCCCC)cc2CCCCCCCC)n1C. The van der Waals surface area contributed by atoms with Crippen molar-refractivity contribution >= 4 is 112 Å². The number of aryl methyl sites for hydroxylation is 6. The summed E-state index contributed by atoms with van der Waals surface area (Å²) in [5, 5.41) is 3.06. The third-order valence-electron chi connectivity index (χ3n) is 20.7. The van der Waals surface area contributed by atoms with Crippen LogP contribution in [-0.2, 0) is 52.6 Å². The zero-order chi connectivity index (χ0) is 67.4. The van der Waals surface area contributed by atoms with Gasteiger partial charge in [-0.05, 0) is 182 Å². The number of thioether (sulfide) groups is 2. The van der Waals surface area contributed by atoms with Crippen LogP contribution in [0.2, 0.25) is 0 Å². The molecule has 0 saturated carbocycles. The summed E-state index contributed by atoms with van der Waals surface area (Å²) in [4.78, 5) is 12.1. The summed E-state index contributed by atoms with van der Waals surface area (Å²) in [6.07, 6.45) is 59.3. The minimum atomic E-state index is 1.15. The lowest BCUT2D eigenvalue weighted by molar-refractivity contribution is 0.608. The minimum absolute atomic E-state index is 1.15. The normalized spacial score (nSPS) is 12.0. The second kappa shape index (κ2) is 42.0. The molecule has 0 aliphatic rings. The van der Waals surface area contributed by atoms with Crippen LogP contribution in [-0.4, -0.2) is 21.6 Å². The van der Waals surface area contributed by atoms with E-state index in [0.717, 1.165) is 25.7 Å². The van der Waals surface area contributed by atoms with Crippen LogP contribution in [0.5, 0.6) is 0 Å². The van der Waals surface area contributed by atoms with Crippen molar-refractivity contribution in [2.24, 2.45) is 14.1 Å². The van der Waals surface area contributed by atoms with E-state index in [1.54, 1.807) is 52.5 Å². The smallest absolute Gasteiger partial charge is 0.0605 e. The van der Waals surface area contributed by atoms with Gasteiger partial charge in [0.25, 0.3) is 0 Å². The highest BCUT2D eigenvalue weighted by atomic mass is 32.2. The van der Waals surface area contributed by atoms with Gasteiger partial charge in [-0.25, -0.2) is 0 Å². The number of nitrogens with zero attached hydrogens (tertiary/aromatic N) is 2. The van der Waals surface area contributed by atoms with Gasteiger partial charge in [-0.2, -0.15) is 0 Å². The molecule has 96 heavy (non-hydrogen) atoms. The first-order valence-corrected chi connectivity index (χ1v) is 46.5. The third kappa shape index (κ3) is 20.9. The zero-order valence-electron chi connectivity index (χ0n) is 61.6. The molecule has 0 saturated heterocycles. The molecule has 0 aliphatic carbocycles. The lowest BCUT2D eigenvalue weighted by Gasteiger charge is -2.10. The molecule has 8 aromatic heterocycles. The van der Waals surface area contributed by atoms with Gasteiger partial charge >= 0.3 is 0 Å². The molecule has 9 rings (SSSR count). The lowest BCUT2D eigenvalue weighted by Crippen LogP contribution is -1.96. The van der Waals surface area contributed by atoms with Gasteiger partial charge in [-0.3, -0.25) is 0 Å². The van der Waals surface area contributed by atoms with Crippen molar-refractivity contribution in [1.29, 1.82) is 0 Å². The van der Waals surface area contributed by atoms with Gasteiger partial charge in [-0.15, -0.1) is 91.5 Å². The van der Waals surface area contributed by atoms with Gasteiger partial charge in [0.05, 0.1) is 60.1 Å². The largest absolute Gasteiger partial charge is 0.342 e. The van der Waals surface area contributed by atoms with Gasteiger partial charge in [0.15, 0.2) is 0 Å². The Morgan fingerprint density at radius 1 is 0.271 bits per heavy atom. The molecule has 0 N–H and O–H groups in total. The molecule has 0 fully saturated rings. The van der Waals surface area contributed by atoms with E-state index in [-0.39, 0.29) is 0 Å². The Morgan fingerprint density at radius 3 is 0.802 bits per heavy atom. The molecular weight excluding hydrogens is 1320 g/mol. The fourth-order valence-electron chi connectivity index (χ4n) is 14.9. The van der Waals surface area contributed by atoms with Crippen LogP contribution < -0.4 is 0 Å². The summed E-state index contributed by atoms with van der Waals surface area (Å²) in [5.74, 6) is 0. The van der Waals surface area contributed by atoms with E-state index in [4.69, 9.17) is 0 Å². The summed E-state index contributed by atoms with van der Waals surface area (Å²) >= 11 is 16.5. The van der Waals surface area contributed by atoms with Crippen LogP contribution in [0, 0.1) is 0 Å². The number of benzene rings is 1. The van der Waals surface area contributed by atoms with Crippen LogP contribution in [0.1, 0.15) is 306 Å². The predicted molar refractivity (Wildman–Crippen MR) is 445 cm³/mol. The van der Waals surface area contributed by atoms with Crippen molar-refractivity contribution < 1.29 is 0 Å². The molecule has 0 amide bonds. The Morgan fingerprint density at radius 2 is 0.521 bits per heavy atom. The van der Waals surface area contributed by atoms with Crippen molar-refractivity contribution in [3.63, 3.8) is 0 Å². The van der Waals surface area contributed by atoms with Crippen LogP contribution in [0.4, 0.5) is 0 Å². The van der Waals surface area contributed by atoms with Gasteiger partial charge in [-0.1, -0.05) is 246 Å². The van der Waals surface area contributed by atoms with Crippen molar-refractivity contribution in [3.8, 4) is 61.8 Å². The van der Waals surface area contributed by atoms with E-state index < -0.39 is 0 Å². The molecule has 0 radical (unpaired) electrons. The highest BCUT2D eigenvalue weighted by molar-refractivity contribution is 8.00. The van der Waals surface area contributed by atoms with Gasteiger partial charge in [0, 0.05) is 33.6 Å². The fourth-order valence-corrected chi connectivity index (χ4v) is 24.2. The average Bonchev–Trinajstić information content (AvgIpc) is 1.58. The van der Waals surface area contributed by atoms with Crippen LogP contribution in [0.15, 0.2) is 69.1 Å².